The first kappa shape index (κ1) is 13.7. The largest absolute Gasteiger partial charge is 0.366 e. The molecule has 5 heteroatoms. The van der Waals surface area contributed by atoms with Crippen LogP contribution in [-0.4, -0.2) is 32.1 Å². The minimum Gasteiger partial charge on any atom is -0.366 e. The third-order valence-corrected chi connectivity index (χ3v) is 5.15. The SMILES string of the molecule is CSC1CCC(Nc2nccn3nc(C(C)C)cc23)C1. The van der Waals surface area contributed by atoms with Gasteiger partial charge in [0.1, 0.15) is 5.52 Å². The fourth-order valence-electron chi connectivity index (χ4n) is 2.81. The number of aromatic nitrogens is 3. The summed E-state index contributed by atoms with van der Waals surface area (Å²) in [4.78, 5) is 4.52. The Hall–Kier alpha value is -1.23. The van der Waals surface area contributed by atoms with Crippen LogP contribution in [0.25, 0.3) is 5.52 Å². The number of rotatable bonds is 4. The summed E-state index contributed by atoms with van der Waals surface area (Å²) in [5.74, 6) is 1.41. The van der Waals surface area contributed by atoms with E-state index in [0.717, 1.165) is 22.3 Å². The summed E-state index contributed by atoms with van der Waals surface area (Å²) in [5.41, 5.74) is 2.21. The average Bonchev–Trinajstić information content (AvgIpc) is 3.05. The molecule has 0 bridgehead atoms. The van der Waals surface area contributed by atoms with E-state index in [1.54, 1.807) is 0 Å². The summed E-state index contributed by atoms with van der Waals surface area (Å²) < 4.78 is 1.94. The zero-order valence-corrected chi connectivity index (χ0v) is 13.2. The Morgan fingerprint density at radius 2 is 2.25 bits per heavy atom. The molecule has 108 valence electrons. The zero-order valence-electron chi connectivity index (χ0n) is 12.3. The summed E-state index contributed by atoms with van der Waals surface area (Å²) in [6.07, 6.45) is 9.73. The molecular formula is C15H22N4S. The van der Waals surface area contributed by atoms with E-state index in [0.29, 0.717) is 12.0 Å². The first-order valence-corrected chi connectivity index (χ1v) is 8.59. The second-order valence-electron chi connectivity index (χ2n) is 5.84. The lowest BCUT2D eigenvalue weighted by molar-refractivity contribution is 0.750. The van der Waals surface area contributed by atoms with Crippen LogP contribution in [0.2, 0.25) is 0 Å². The van der Waals surface area contributed by atoms with Crippen molar-refractivity contribution in [2.45, 2.75) is 50.3 Å². The molecule has 0 spiro atoms. The minimum atomic E-state index is 0.440. The van der Waals surface area contributed by atoms with Crippen LogP contribution in [0.15, 0.2) is 18.5 Å². The highest BCUT2D eigenvalue weighted by Crippen LogP contribution is 2.31. The van der Waals surface area contributed by atoms with E-state index in [2.05, 4.69) is 41.6 Å². The highest BCUT2D eigenvalue weighted by Gasteiger charge is 2.24. The van der Waals surface area contributed by atoms with Gasteiger partial charge in [0.25, 0.3) is 0 Å². The second kappa shape index (κ2) is 5.64. The van der Waals surface area contributed by atoms with E-state index in [1.165, 1.54) is 19.3 Å². The molecule has 2 aromatic rings. The summed E-state index contributed by atoms with van der Waals surface area (Å²) >= 11 is 1.98. The molecule has 3 rings (SSSR count). The number of thioether (sulfide) groups is 1. The Bertz CT molecular complexity index is 593. The number of anilines is 1. The van der Waals surface area contributed by atoms with Crippen molar-refractivity contribution >= 4 is 23.1 Å². The molecule has 2 unspecified atom stereocenters. The average molecular weight is 290 g/mol. The monoisotopic (exact) mass is 290 g/mol. The van der Waals surface area contributed by atoms with Crippen molar-refractivity contribution in [3.63, 3.8) is 0 Å². The van der Waals surface area contributed by atoms with Gasteiger partial charge in [-0.1, -0.05) is 13.8 Å². The minimum absolute atomic E-state index is 0.440. The van der Waals surface area contributed by atoms with Gasteiger partial charge in [0.15, 0.2) is 5.82 Å². The smallest absolute Gasteiger partial charge is 0.152 e. The Kier molecular flexibility index (Phi) is 3.87. The molecule has 2 aromatic heterocycles. The number of hydrogen-bond donors (Lipinski definition) is 1. The van der Waals surface area contributed by atoms with Gasteiger partial charge in [-0.05, 0) is 37.5 Å². The quantitative estimate of drug-likeness (QED) is 0.935. The van der Waals surface area contributed by atoms with Crippen LogP contribution in [0.4, 0.5) is 5.82 Å². The Balaban J connectivity index is 1.84. The Morgan fingerprint density at radius 3 is 2.95 bits per heavy atom. The molecule has 1 saturated carbocycles. The first-order valence-electron chi connectivity index (χ1n) is 7.31. The number of fused-ring (bicyclic) bond motifs is 1. The van der Waals surface area contributed by atoms with Crippen LogP contribution in [0.5, 0.6) is 0 Å². The van der Waals surface area contributed by atoms with Crippen molar-refractivity contribution in [1.29, 1.82) is 0 Å². The predicted octanol–water partition coefficient (Wildman–Crippen LogP) is 3.55. The van der Waals surface area contributed by atoms with Crippen molar-refractivity contribution in [1.82, 2.24) is 14.6 Å². The molecule has 0 aromatic carbocycles. The standard InChI is InChI=1S/C15H22N4S/c1-10(2)13-9-14-15(16-6-7-19(14)18-13)17-11-4-5-12(8-11)20-3/h6-7,9-12H,4-5,8H2,1-3H3,(H,16,17). The van der Waals surface area contributed by atoms with Gasteiger partial charge in [0.2, 0.25) is 0 Å². The van der Waals surface area contributed by atoms with Crippen molar-refractivity contribution in [3.8, 4) is 0 Å². The van der Waals surface area contributed by atoms with Crippen molar-refractivity contribution in [3.05, 3.63) is 24.2 Å². The molecule has 0 amide bonds. The first-order chi connectivity index (χ1) is 9.67. The highest BCUT2D eigenvalue weighted by atomic mass is 32.2. The lowest BCUT2D eigenvalue weighted by Gasteiger charge is -2.13. The van der Waals surface area contributed by atoms with E-state index >= 15 is 0 Å². The van der Waals surface area contributed by atoms with Gasteiger partial charge < -0.3 is 5.32 Å². The normalized spacial score (nSPS) is 22.8. The summed E-state index contributed by atoms with van der Waals surface area (Å²) in [5, 5.41) is 9.02. The van der Waals surface area contributed by atoms with E-state index < -0.39 is 0 Å². The topological polar surface area (TPSA) is 42.2 Å². The third-order valence-electron chi connectivity index (χ3n) is 4.06. The van der Waals surface area contributed by atoms with Crippen molar-refractivity contribution < 1.29 is 0 Å². The molecule has 20 heavy (non-hydrogen) atoms. The molecule has 0 radical (unpaired) electrons. The van der Waals surface area contributed by atoms with Gasteiger partial charge >= 0.3 is 0 Å². The Morgan fingerprint density at radius 1 is 1.40 bits per heavy atom. The summed E-state index contributed by atoms with van der Waals surface area (Å²) in [7, 11) is 0. The Labute approximate surface area is 124 Å². The summed E-state index contributed by atoms with van der Waals surface area (Å²) in [6, 6.07) is 2.70. The molecule has 0 saturated heterocycles. The van der Waals surface area contributed by atoms with Crippen LogP contribution in [0, 0.1) is 0 Å². The van der Waals surface area contributed by atoms with Gasteiger partial charge in [-0.25, -0.2) is 9.50 Å². The second-order valence-corrected chi connectivity index (χ2v) is 6.98. The maximum atomic E-state index is 4.61. The molecule has 1 N–H and O–H groups in total. The van der Waals surface area contributed by atoms with Crippen LogP contribution in [0.3, 0.4) is 0 Å². The van der Waals surface area contributed by atoms with Crippen LogP contribution >= 0.6 is 11.8 Å². The van der Waals surface area contributed by atoms with E-state index in [1.807, 2.05) is 28.7 Å². The number of nitrogens with zero attached hydrogens (tertiary/aromatic N) is 3. The van der Waals surface area contributed by atoms with Crippen LogP contribution < -0.4 is 5.32 Å². The molecule has 4 nitrogen and oxygen atoms in total. The van der Waals surface area contributed by atoms with E-state index in [-0.39, 0.29) is 0 Å². The fraction of sp³-hybridized carbons (Fsp3) is 0.600. The fourth-order valence-corrected chi connectivity index (χ4v) is 3.61. The lowest BCUT2D eigenvalue weighted by atomic mass is 10.1. The third kappa shape index (κ3) is 2.64. The molecule has 1 aliphatic carbocycles. The van der Waals surface area contributed by atoms with Crippen molar-refractivity contribution in [2.75, 3.05) is 11.6 Å². The summed E-state index contributed by atoms with van der Waals surface area (Å²) in [6.45, 7) is 4.34. The lowest BCUT2D eigenvalue weighted by Crippen LogP contribution is -2.17. The van der Waals surface area contributed by atoms with E-state index in [4.69, 9.17) is 0 Å². The van der Waals surface area contributed by atoms with Gasteiger partial charge in [0, 0.05) is 23.7 Å². The van der Waals surface area contributed by atoms with Gasteiger partial charge in [-0.3, -0.25) is 0 Å². The number of nitrogens with one attached hydrogen (secondary N) is 1. The number of hydrogen-bond acceptors (Lipinski definition) is 4. The van der Waals surface area contributed by atoms with Gasteiger partial charge in [0.05, 0.1) is 5.69 Å². The molecule has 0 aliphatic heterocycles. The molecule has 2 atom stereocenters. The zero-order chi connectivity index (χ0) is 14.1. The van der Waals surface area contributed by atoms with E-state index in [9.17, 15) is 0 Å². The van der Waals surface area contributed by atoms with Gasteiger partial charge in [-0.15, -0.1) is 0 Å². The maximum absolute atomic E-state index is 4.61. The predicted molar refractivity (Wildman–Crippen MR) is 85.6 cm³/mol. The van der Waals surface area contributed by atoms with Gasteiger partial charge in [-0.2, -0.15) is 16.9 Å². The molecule has 2 heterocycles. The van der Waals surface area contributed by atoms with Crippen LogP contribution in [-0.2, 0) is 0 Å². The molecule has 1 fully saturated rings. The molecule has 1 aliphatic rings. The molecular weight excluding hydrogens is 268 g/mol. The van der Waals surface area contributed by atoms with Crippen LogP contribution in [0.1, 0.15) is 44.7 Å². The highest BCUT2D eigenvalue weighted by molar-refractivity contribution is 7.99. The maximum Gasteiger partial charge on any atom is 0.152 e. The van der Waals surface area contributed by atoms with Crippen molar-refractivity contribution in [2.24, 2.45) is 0 Å².